The van der Waals surface area contributed by atoms with E-state index in [-0.39, 0.29) is 24.2 Å². The number of benzene rings is 2. The average Bonchev–Trinajstić information content (AvgIpc) is 2.79. The molecule has 2 amide bonds. The minimum atomic E-state index is -0.889. The molecule has 3 rings (SSSR count). The van der Waals surface area contributed by atoms with Gasteiger partial charge in [-0.05, 0) is 42.9 Å². The first-order chi connectivity index (χ1) is 15.0. The molecule has 1 heterocycles. The molecule has 1 saturated heterocycles. The van der Waals surface area contributed by atoms with Crippen molar-refractivity contribution in [1.82, 2.24) is 4.90 Å². The van der Waals surface area contributed by atoms with Gasteiger partial charge in [0.1, 0.15) is 5.75 Å². The molecule has 0 spiro atoms. The van der Waals surface area contributed by atoms with E-state index in [1.165, 1.54) is 10.5 Å². The van der Waals surface area contributed by atoms with Crippen LogP contribution in [0.5, 0.6) is 5.75 Å². The number of halogens is 1. The summed E-state index contributed by atoms with van der Waals surface area (Å²) in [5.41, 5.74) is 8.00. The Bertz CT molecular complexity index is 892. The maximum atomic E-state index is 12.6. The van der Waals surface area contributed by atoms with Gasteiger partial charge in [-0.15, -0.1) is 24.2 Å². The molecule has 0 aromatic heterocycles. The Morgan fingerprint density at radius 3 is 2.53 bits per heavy atom. The van der Waals surface area contributed by atoms with Gasteiger partial charge < -0.3 is 25.8 Å². The van der Waals surface area contributed by atoms with Crippen LogP contribution in [0.15, 0.2) is 53.4 Å². The summed E-state index contributed by atoms with van der Waals surface area (Å²) in [6.07, 6.45) is 1.12. The quantitative estimate of drug-likeness (QED) is 0.483. The van der Waals surface area contributed by atoms with Crippen LogP contribution < -0.4 is 15.8 Å². The summed E-state index contributed by atoms with van der Waals surface area (Å²) in [5, 5.41) is 11.9. The predicted octanol–water partition coefficient (Wildman–Crippen LogP) is 4.46. The lowest BCUT2D eigenvalue weighted by Crippen LogP contribution is -2.41. The first-order valence-corrected chi connectivity index (χ1v) is 11.3. The highest BCUT2D eigenvalue weighted by Gasteiger charge is 2.26. The van der Waals surface area contributed by atoms with E-state index in [1.807, 2.05) is 36.4 Å². The summed E-state index contributed by atoms with van der Waals surface area (Å²) in [6.45, 7) is 0.987. The third kappa shape index (κ3) is 7.32. The molecule has 1 fully saturated rings. The molecular weight excluding hydrogens is 450 g/mol. The lowest BCUT2D eigenvalue weighted by molar-refractivity contribution is -0.117. The maximum absolute atomic E-state index is 12.6. The first kappa shape index (κ1) is 25.8. The van der Waals surface area contributed by atoms with Crippen molar-refractivity contribution in [2.45, 2.75) is 36.0 Å². The Balaban J connectivity index is 0.00000363. The van der Waals surface area contributed by atoms with E-state index in [9.17, 15) is 9.59 Å². The zero-order valence-electron chi connectivity index (χ0n) is 18.0. The van der Waals surface area contributed by atoms with Crippen molar-refractivity contribution in [1.29, 1.82) is 0 Å². The fraction of sp³-hybridized carbons (Fsp3) is 0.391. The fourth-order valence-corrected chi connectivity index (χ4v) is 4.62. The largest absolute Gasteiger partial charge is 0.496 e. The van der Waals surface area contributed by atoms with Crippen LogP contribution in [0.3, 0.4) is 0 Å². The second kappa shape index (κ2) is 12.6. The van der Waals surface area contributed by atoms with E-state index in [2.05, 4.69) is 17.4 Å². The lowest BCUT2D eigenvalue weighted by Gasteiger charge is -2.31. The van der Waals surface area contributed by atoms with Crippen molar-refractivity contribution in [3.8, 4) is 5.75 Å². The van der Waals surface area contributed by atoms with Gasteiger partial charge in [0.2, 0.25) is 5.91 Å². The highest BCUT2D eigenvalue weighted by Crippen LogP contribution is 2.34. The first-order valence-electron chi connectivity index (χ1n) is 10.4. The summed E-state index contributed by atoms with van der Waals surface area (Å²) in [5.74, 6) is 1.54. The Hall–Kier alpha value is -2.42. The molecule has 1 aliphatic rings. The molecule has 2 aromatic carbocycles. The summed E-state index contributed by atoms with van der Waals surface area (Å²) in [4.78, 5) is 26.0. The standard InChI is InChI=1S/C23H29N3O4S.ClH/c1-30-20-14-18(7-8-21(20)31-15-17-5-3-2-4-6-17)25-22(27)19(24)13-16-9-11-26(12-10-16)23(28)29;/h2-8,14,16,19H,9-13,15,24H2,1H3,(H,25,27)(H,28,29);1H. The number of carboxylic acid groups (broad SMARTS) is 1. The lowest BCUT2D eigenvalue weighted by atomic mass is 9.90. The third-order valence-electron chi connectivity index (χ3n) is 5.48. The number of carbonyl (C=O) groups excluding carboxylic acids is 1. The van der Waals surface area contributed by atoms with Gasteiger partial charge in [-0.1, -0.05) is 30.3 Å². The van der Waals surface area contributed by atoms with E-state index in [1.54, 1.807) is 18.9 Å². The molecule has 1 unspecified atom stereocenters. The average molecular weight is 480 g/mol. The number of rotatable bonds is 8. The molecule has 1 aliphatic heterocycles. The van der Waals surface area contributed by atoms with Crippen molar-refractivity contribution >= 4 is 41.9 Å². The van der Waals surface area contributed by atoms with E-state index < -0.39 is 12.1 Å². The summed E-state index contributed by atoms with van der Waals surface area (Å²) in [6, 6.07) is 15.2. The van der Waals surface area contributed by atoms with Crippen molar-refractivity contribution in [2.75, 3.05) is 25.5 Å². The monoisotopic (exact) mass is 479 g/mol. The van der Waals surface area contributed by atoms with Crippen molar-refractivity contribution < 1.29 is 19.4 Å². The molecule has 2 aromatic rings. The summed E-state index contributed by atoms with van der Waals surface area (Å²) >= 11 is 1.68. The highest BCUT2D eigenvalue weighted by atomic mass is 35.5. The molecule has 0 bridgehead atoms. The number of ether oxygens (including phenoxy) is 1. The van der Waals surface area contributed by atoms with Crippen LogP contribution in [0, 0.1) is 5.92 Å². The van der Waals surface area contributed by atoms with Gasteiger partial charge in [-0.2, -0.15) is 0 Å². The molecule has 174 valence electrons. The number of amides is 2. The van der Waals surface area contributed by atoms with Gasteiger partial charge in [0.15, 0.2) is 0 Å². The second-order valence-corrected chi connectivity index (χ2v) is 8.70. The van der Waals surface area contributed by atoms with Crippen molar-refractivity contribution in [3.63, 3.8) is 0 Å². The minimum Gasteiger partial charge on any atom is -0.496 e. The van der Waals surface area contributed by atoms with Gasteiger partial charge in [-0.25, -0.2) is 4.79 Å². The minimum absolute atomic E-state index is 0. The van der Waals surface area contributed by atoms with E-state index in [0.29, 0.717) is 30.9 Å². The zero-order valence-corrected chi connectivity index (χ0v) is 19.7. The fourth-order valence-electron chi connectivity index (χ4n) is 3.66. The van der Waals surface area contributed by atoms with E-state index >= 15 is 0 Å². The van der Waals surface area contributed by atoms with E-state index in [4.69, 9.17) is 15.6 Å². The molecule has 4 N–H and O–H groups in total. The van der Waals surface area contributed by atoms with Crippen LogP contribution in [-0.2, 0) is 10.5 Å². The number of piperidine rings is 1. The van der Waals surface area contributed by atoms with Crippen LogP contribution in [-0.4, -0.2) is 48.2 Å². The van der Waals surface area contributed by atoms with Gasteiger partial charge in [0, 0.05) is 35.5 Å². The number of methoxy groups -OCH3 is 1. The maximum Gasteiger partial charge on any atom is 0.407 e. The zero-order chi connectivity index (χ0) is 22.2. The summed E-state index contributed by atoms with van der Waals surface area (Å²) < 4.78 is 5.51. The number of nitrogens with one attached hydrogen (secondary N) is 1. The Labute approximate surface area is 199 Å². The van der Waals surface area contributed by atoms with Crippen LogP contribution in [0.1, 0.15) is 24.8 Å². The molecule has 7 nitrogen and oxygen atoms in total. The molecule has 1 atom stereocenters. The van der Waals surface area contributed by atoms with E-state index in [0.717, 1.165) is 23.5 Å². The molecule has 0 radical (unpaired) electrons. The number of thioether (sulfide) groups is 1. The summed E-state index contributed by atoms with van der Waals surface area (Å²) in [7, 11) is 1.61. The Morgan fingerprint density at radius 2 is 1.91 bits per heavy atom. The predicted molar refractivity (Wildman–Crippen MR) is 130 cm³/mol. The SMILES string of the molecule is COc1cc(NC(=O)C(N)CC2CCN(C(=O)O)CC2)ccc1SCc1ccccc1.Cl. The number of nitrogens with zero attached hydrogens (tertiary/aromatic N) is 1. The van der Waals surface area contributed by atoms with Crippen LogP contribution >= 0.6 is 24.2 Å². The van der Waals surface area contributed by atoms with Gasteiger partial charge >= 0.3 is 6.09 Å². The third-order valence-corrected chi connectivity index (χ3v) is 6.60. The van der Waals surface area contributed by atoms with Crippen LogP contribution in [0.4, 0.5) is 10.5 Å². The Morgan fingerprint density at radius 1 is 1.22 bits per heavy atom. The number of hydrogen-bond donors (Lipinski definition) is 3. The molecular formula is C23H30ClN3O4S. The van der Waals surface area contributed by atoms with Gasteiger partial charge in [0.05, 0.1) is 13.2 Å². The highest BCUT2D eigenvalue weighted by molar-refractivity contribution is 7.98. The number of likely N-dealkylation sites (tertiary alicyclic amines) is 1. The number of anilines is 1. The molecule has 32 heavy (non-hydrogen) atoms. The van der Waals surface area contributed by atoms with Crippen LogP contribution in [0.25, 0.3) is 0 Å². The number of carbonyl (C=O) groups is 2. The van der Waals surface area contributed by atoms with Crippen molar-refractivity contribution in [2.24, 2.45) is 11.7 Å². The van der Waals surface area contributed by atoms with Crippen molar-refractivity contribution in [3.05, 3.63) is 54.1 Å². The molecule has 0 aliphatic carbocycles. The molecule has 0 saturated carbocycles. The van der Waals surface area contributed by atoms with Gasteiger partial charge in [-0.3, -0.25) is 4.79 Å². The molecule has 9 heteroatoms. The topological polar surface area (TPSA) is 105 Å². The number of hydrogen-bond acceptors (Lipinski definition) is 5. The Kier molecular flexibility index (Phi) is 10.2. The normalized spacial score (nSPS) is 14.9. The number of nitrogens with two attached hydrogens (primary N) is 1. The second-order valence-electron chi connectivity index (χ2n) is 7.68. The van der Waals surface area contributed by atoms with Crippen LogP contribution in [0.2, 0.25) is 0 Å². The van der Waals surface area contributed by atoms with Gasteiger partial charge in [0.25, 0.3) is 0 Å². The smallest absolute Gasteiger partial charge is 0.407 e.